The largest absolute Gasteiger partial charge is 0.207 e. The molecule has 1 unspecified atom stereocenters. The van der Waals surface area contributed by atoms with Gasteiger partial charge < -0.3 is 0 Å². The number of hydrogen-bond acceptors (Lipinski definition) is 0. The van der Waals surface area contributed by atoms with Crippen LogP contribution in [0.3, 0.4) is 0 Å². The van der Waals surface area contributed by atoms with E-state index in [1.807, 2.05) is 12.1 Å². The minimum absolute atomic E-state index is 0.178. The quantitative estimate of drug-likeness (QED) is 0.690. The smallest absolute Gasteiger partial charge is 0.123 e. The molecule has 1 aromatic rings. The van der Waals surface area contributed by atoms with Gasteiger partial charge in [-0.25, -0.2) is 4.39 Å². The van der Waals surface area contributed by atoms with Crippen molar-refractivity contribution >= 4 is 15.9 Å². The fourth-order valence-electron chi connectivity index (χ4n) is 1.26. The van der Waals surface area contributed by atoms with Crippen LogP contribution in [0.4, 0.5) is 4.39 Å². The van der Waals surface area contributed by atoms with E-state index in [9.17, 15) is 4.39 Å². The molecule has 1 aromatic carbocycles. The highest BCUT2D eigenvalue weighted by molar-refractivity contribution is 9.09. The topological polar surface area (TPSA) is 0 Å². The molecule has 14 heavy (non-hydrogen) atoms. The summed E-state index contributed by atoms with van der Waals surface area (Å²) < 4.78 is 12.7. The molecule has 0 nitrogen and oxygen atoms in total. The second kappa shape index (κ2) is 4.43. The summed E-state index contributed by atoms with van der Waals surface area (Å²) in [6.07, 6.45) is 1.08. The highest BCUT2D eigenvalue weighted by Crippen LogP contribution is 2.42. The summed E-state index contributed by atoms with van der Waals surface area (Å²) in [6, 6.07) is 6.70. The van der Waals surface area contributed by atoms with Crippen molar-refractivity contribution in [2.45, 2.75) is 32.0 Å². The molecular formula is C12H16BrF. The third-order valence-electron chi connectivity index (χ3n) is 2.76. The Morgan fingerprint density at radius 2 is 1.79 bits per heavy atom. The van der Waals surface area contributed by atoms with Crippen molar-refractivity contribution in [2.75, 3.05) is 0 Å². The zero-order chi connectivity index (χ0) is 10.8. The van der Waals surface area contributed by atoms with Crippen molar-refractivity contribution in [1.82, 2.24) is 0 Å². The zero-order valence-electron chi connectivity index (χ0n) is 8.85. The van der Waals surface area contributed by atoms with Gasteiger partial charge in [-0.3, -0.25) is 0 Å². The third kappa shape index (κ3) is 2.57. The van der Waals surface area contributed by atoms with Gasteiger partial charge in [0, 0.05) is 4.83 Å². The Morgan fingerprint density at radius 3 is 2.21 bits per heavy atom. The summed E-state index contributed by atoms with van der Waals surface area (Å²) in [7, 11) is 0. The van der Waals surface area contributed by atoms with Crippen molar-refractivity contribution in [1.29, 1.82) is 0 Å². The summed E-state index contributed by atoms with van der Waals surface area (Å²) in [6.45, 7) is 6.57. The first kappa shape index (κ1) is 11.7. The van der Waals surface area contributed by atoms with Crippen molar-refractivity contribution in [3.05, 3.63) is 35.6 Å². The molecule has 1 rings (SSSR count). The molecule has 0 N–H and O–H groups in total. The lowest BCUT2D eigenvalue weighted by Gasteiger charge is -2.29. The Hall–Kier alpha value is -0.370. The van der Waals surface area contributed by atoms with E-state index in [2.05, 4.69) is 36.7 Å². The molecule has 0 amide bonds. The Morgan fingerprint density at radius 1 is 1.29 bits per heavy atom. The van der Waals surface area contributed by atoms with Gasteiger partial charge in [-0.05, 0) is 29.5 Å². The normalized spacial score (nSPS) is 14.1. The minimum atomic E-state index is -0.178. The van der Waals surface area contributed by atoms with Crippen molar-refractivity contribution in [2.24, 2.45) is 5.41 Å². The van der Waals surface area contributed by atoms with Crippen LogP contribution in [0.25, 0.3) is 0 Å². The lowest BCUT2D eigenvalue weighted by atomic mass is 9.83. The van der Waals surface area contributed by atoms with E-state index in [-0.39, 0.29) is 16.1 Å². The third-order valence-corrected chi connectivity index (χ3v) is 4.53. The van der Waals surface area contributed by atoms with E-state index in [0.717, 1.165) is 12.0 Å². The van der Waals surface area contributed by atoms with E-state index in [4.69, 9.17) is 0 Å². The van der Waals surface area contributed by atoms with E-state index < -0.39 is 0 Å². The Kier molecular flexibility index (Phi) is 3.71. The lowest BCUT2D eigenvalue weighted by Crippen LogP contribution is -2.16. The molecule has 2 heteroatoms. The van der Waals surface area contributed by atoms with Crippen molar-refractivity contribution in [3.8, 4) is 0 Å². The van der Waals surface area contributed by atoms with Crippen LogP contribution in [0.2, 0.25) is 0 Å². The summed E-state index contributed by atoms with van der Waals surface area (Å²) >= 11 is 3.67. The summed E-state index contributed by atoms with van der Waals surface area (Å²) in [5.74, 6) is -0.178. The molecule has 0 aromatic heterocycles. The molecule has 0 aliphatic heterocycles. The average Bonchev–Trinajstić information content (AvgIpc) is 2.18. The Balaban J connectivity index is 2.89. The number of benzene rings is 1. The molecule has 0 aliphatic rings. The number of rotatable bonds is 3. The van der Waals surface area contributed by atoms with Crippen LogP contribution in [0.1, 0.15) is 37.6 Å². The minimum Gasteiger partial charge on any atom is -0.207 e. The van der Waals surface area contributed by atoms with Gasteiger partial charge in [0.05, 0.1) is 0 Å². The number of hydrogen-bond donors (Lipinski definition) is 0. The van der Waals surface area contributed by atoms with E-state index in [1.165, 1.54) is 12.1 Å². The second-order valence-corrected chi connectivity index (χ2v) is 5.17. The molecule has 0 saturated heterocycles. The number of halogens is 2. The Labute approximate surface area is 93.7 Å². The molecule has 0 bridgehead atoms. The summed E-state index contributed by atoms with van der Waals surface area (Å²) in [5.41, 5.74) is 1.33. The average molecular weight is 259 g/mol. The van der Waals surface area contributed by atoms with Crippen molar-refractivity contribution in [3.63, 3.8) is 0 Å². The maximum atomic E-state index is 12.7. The first-order valence-electron chi connectivity index (χ1n) is 4.87. The van der Waals surface area contributed by atoms with Crippen LogP contribution in [0.15, 0.2) is 24.3 Å². The standard InChI is InChI=1S/C12H16BrF/c1-4-12(2,3)11(13)9-5-7-10(14)8-6-9/h5-8,11H,4H2,1-3H3. The maximum absolute atomic E-state index is 12.7. The molecule has 0 fully saturated rings. The van der Waals surface area contributed by atoms with Crippen LogP contribution >= 0.6 is 15.9 Å². The molecular weight excluding hydrogens is 243 g/mol. The van der Waals surface area contributed by atoms with Crippen LogP contribution < -0.4 is 0 Å². The Bertz CT molecular complexity index is 290. The van der Waals surface area contributed by atoms with Gasteiger partial charge in [0.2, 0.25) is 0 Å². The van der Waals surface area contributed by atoms with Gasteiger partial charge >= 0.3 is 0 Å². The second-order valence-electron chi connectivity index (χ2n) is 4.26. The van der Waals surface area contributed by atoms with E-state index >= 15 is 0 Å². The highest BCUT2D eigenvalue weighted by atomic mass is 79.9. The molecule has 78 valence electrons. The van der Waals surface area contributed by atoms with Gasteiger partial charge in [0.15, 0.2) is 0 Å². The predicted molar refractivity (Wildman–Crippen MR) is 62.1 cm³/mol. The lowest BCUT2D eigenvalue weighted by molar-refractivity contribution is 0.346. The molecule has 0 radical (unpaired) electrons. The first-order valence-corrected chi connectivity index (χ1v) is 5.78. The fourth-order valence-corrected chi connectivity index (χ4v) is 1.89. The van der Waals surface area contributed by atoms with Crippen molar-refractivity contribution < 1.29 is 4.39 Å². The zero-order valence-corrected chi connectivity index (χ0v) is 10.4. The maximum Gasteiger partial charge on any atom is 0.123 e. The fraction of sp³-hybridized carbons (Fsp3) is 0.500. The van der Waals surface area contributed by atoms with E-state index in [1.54, 1.807) is 0 Å². The van der Waals surface area contributed by atoms with Gasteiger partial charge in [0.25, 0.3) is 0 Å². The predicted octanol–water partition coefficient (Wildman–Crippen LogP) is 4.70. The van der Waals surface area contributed by atoms with Gasteiger partial charge in [-0.2, -0.15) is 0 Å². The highest BCUT2D eigenvalue weighted by Gasteiger charge is 2.26. The molecule has 0 spiro atoms. The molecule has 0 aliphatic carbocycles. The van der Waals surface area contributed by atoms with E-state index in [0.29, 0.717) is 0 Å². The van der Waals surface area contributed by atoms with Crippen LogP contribution in [-0.4, -0.2) is 0 Å². The van der Waals surface area contributed by atoms with Gasteiger partial charge in [-0.1, -0.05) is 48.8 Å². The summed E-state index contributed by atoms with van der Waals surface area (Å²) in [4.78, 5) is 0.278. The summed E-state index contributed by atoms with van der Waals surface area (Å²) in [5, 5.41) is 0. The van der Waals surface area contributed by atoms with Gasteiger partial charge in [0.1, 0.15) is 5.82 Å². The number of alkyl halides is 1. The van der Waals surface area contributed by atoms with Crippen LogP contribution in [-0.2, 0) is 0 Å². The van der Waals surface area contributed by atoms with Crippen LogP contribution in [0.5, 0.6) is 0 Å². The monoisotopic (exact) mass is 258 g/mol. The van der Waals surface area contributed by atoms with Crippen LogP contribution in [0, 0.1) is 11.2 Å². The molecule has 0 heterocycles. The SMILES string of the molecule is CCC(C)(C)C(Br)c1ccc(F)cc1. The molecule has 1 atom stereocenters. The van der Waals surface area contributed by atoms with Gasteiger partial charge in [-0.15, -0.1) is 0 Å². The molecule has 0 saturated carbocycles. The first-order chi connectivity index (χ1) is 6.47.